The van der Waals surface area contributed by atoms with Crippen LogP contribution in [-0.4, -0.2) is 72.9 Å². The number of ether oxygens (including phenoxy) is 1. The van der Waals surface area contributed by atoms with E-state index in [0.29, 0.717) is 26.3 Å². The molecule has 128 valence electrons. The lowest BCUT2D eigenvalue weighted by Gasteiger charge is -2.24. The quantitative estimate of drug-likeness (QED) is 0.864. The second kappa shape index (κ2) is 9.01. The van der Waals surface area contributed by atoms with Crippen molar-refractivity contribution in [1.82, 2.24) is 9.80 Å². The third kappa shape index (κ3) is 5.61. The molecule has 5 heteroatoms. The number of amides is 1. The molecule has 2 rings (SSSR count). The second-order valence-electron chi connectivity index (χ2n) is 6.13. The van der Waals surface area contributed by atoms with E-state index in [1.807, 2.05) is 43.0 Å². The molecule has 1 fully saturated rings. The number of aliphatic hydroxyl groups excluding tert-OH is 1. The van der Waals surface area contributed by atoms with Crippen molar-refractivity contribution in [3.05, 3.63) is 35.4 Å². The van der Waals surface area contributed by atoms with Crippen LogP contribution in [0, 0.1) is 6.92 Å². The average molecular weight is 320 g/mol. The Morgan fingerprint density at radius 1 is 1.30 bits per heavy atom. The van der Waals surface area contributed by atoms with Crippen molar-refractivity contribution in [1.29, 1.82) is 0 Å². The Morgan fingerprint density at radius 3 is 2.87 bits per heavy atom. The Morgan fingerprint density at radius 2 is 2.13 bits per heavy atom. The van der Waals surface area contributed by atoms with Gasteiger partial charge in [-0.15, -0.1) is 0 Å². The van der Waals surface area contributed by atoms with Gasteiger partial charge in [-0.3, -0.25) is 9.69 Å². The van der Waals surface area contributed by atoms with Gasteiger partial charge in [0, 0.05) is 38.3 Å². The summed E-state index contributed by atoms with van der Waals surface area (Å²) in [5.41, 5.74) is 1.86. The fourth-order valence-electron chi connectivity index (χ4n) is 2.92. The number of β-amino-alcohol motifs (C(OH)–C–C–N with tert-alkyl or cyclic N) is 1. The van der Waals surface area contributed by atoms with Crippen LogP contribution in [0.1, 0.15) is 29.3 Å². The molecular formula is C18H28N2O3. The lowest BCUT2D eigenvalue weighted by Crippen LogP contribution is -2.38. The Balaban J connectivity index is 1.87. The summed E-state index contributed by atoms with van der Waals surface area (Å²) in [6.45, 7) is 8.69. The van der Waals surface area contributed by atoms with Gasteiger partial charge in [0.1, 0.15) is 0 Å². The molecule has 0 bridgehead atoms. The van der Waals surface area contributed by atoms with Crippen LogP contribution in [-0.2, 0) is 4.74 Å². The first-order chi connectivity index (χ1) is 11.1. The van der Waals surface area contributed by atoms with Gasteiger partial charge in [0.2, 0.25) is 0 Å². The van der Waals surface area contributed by atoms with Gasteiger partial charge in [-0.05, 0) is 38.9 Å². The molecule has 0 radical (unpaired) electrons. The molecule has 0 spiro atoms. The lowest BCUT2D eigenvalue weighted by atomic mass is 10.1. The van der Waals surface area contributed by atoms with Gasteiger partial charge < -0.3 is 14.7 Å². The minimum Gasteiger partial charge on any atom is -0.389 e. The van der Waals surface area contributed by atoms with Gasteiger partial charge in [-0.1, -0.05) is 17.7 Å². The smallest absolute Gasteiger partial charge is 0.253 e. The van der Waals surface area contributed by atoms with Crippen molar-refractivity contribution in [2.75, 3.05) is 45.9 Å². The molecule has 0 aliphatic carbocycles. The summed E-state index contributed by atoms with van der Waals surface area (Å²) in [5, 5.41) is 9.96. The minimum absolute atomic E-state index is 0.102. The number of carbonyl (C=O) groups is 1. The van der Waals surface area contributed by atoms with Crippen molar-refractivity contribution in [3.63, 3.8) is 0 Å². The van der Waals surface area contributed by atoms with E-state index < -0.39 is 6.10 Å². The summed E-state index contributed by atoms with van der Waals surface area (Å²) >= 11 is 0. The zero-order valence-corrected chi connectivity index (χ0v) is 14.2. The normalized spacial score (nSPS) is 17.8. The fourth-order valence-corrected chi connectivity index (χ4v) is 2.92. The van der Waals surface area contributed by atoms with E-state index in [2.05, 4.69) is 4.90 Å². The molecule has 1 amide bonds. The second-order valence-corrected chi connectivity index (χ2v) is 6.13. The van der Waals surface area contributed by atoms with Gasteiger partial charge >= 0.3 is 0 Å². The number of carbonyl (C=O) groups excluding carboxylic acids is 1. The third-order valence-electron chi connectivity index (χ3n) is 4.12. The van der Waals surface area contributed by atoms with E-state index in [4.69, 9.17) is 4.74 Å². The van der Waals surface area contributed by atoms with E-state index >= 15 is 0 Å². The van der Waals surface area contributed by atoms with E-state index in [1.165, 1.54) is 0 Å². The van der Waals surface area contributed by atoms with E-state index in [9.17, 15) is 9.90 Å². The predicted molar refractivity (Wildman–Crippen MR) is 90.6 cm³/mol. The molecule has 5 nitrogen and oxygen atoms in total. The largest absolute Gasteiger partial charge is 0.389 e. The summed E-state index contributed by atoms with van der Waals surface area (Å²) in [5.74, 6) is 0.102. The highest BCUT2D eigenvalue weighted by Crippen LogP contribution is 2.11. The zero-order chi connectivity index (χ0) is 16.7. The number of hydrogen-bond donors (Lipinski definition) is 1. The molecule has 1 aliphatic heterocycles. The fraction of sp³-hybridized carbons (Fsp3) is 0.611. The van der Waals surface area contributed by atoms with Gasteiger partial charge in [-0.2, -0.15) is 0 Å². The number of hydrogen-bond acceptors (Lipinski definition) is 4. The van der Waals surface area contributed by atoms with Crippen LogP contribution in [0.3, 0.4) is 0 Å². The van der Waals surface area contributed by atoms with Crippen LogP contribution < -0.4 is 0 Å². The molecule has 1 aromatic carbocycles. The van der Waals surface area contributed by atoms with E-state index in [-0.39, 0.29) is 5.91 Å². The summed E-state index contributed by atoms with van der Waals surface area (Å²) in [7, 11) is 0. The Hall–Kier alpha value is -1.43. The maximum Gasteiger partial charge on any atom is 0.253 e. The molecule has 0 saturated carbocycles. The van der Waals surface area contributed by atoms with Gasteiger partial charge in [0.25, 0.3) is 5.91 Å². The first-order valence-corrected chi connectivity index (χ1v) is 8.44. The summed E-state index contributed by atoms with van der Waals surface area (Å²) in [6, 6.07) is 7.75. The van der Waals surface area contributed by atoms with Crippen molar-refractivity contribution >= 4 is 5.91 Å². The number of benzene rings is 1. The number of rotatable bonds is 6. The molecule has 0 unspecified atom stereocenters. The Labute approximate surface area is 138 Å². The molecule has 1 N–H and O–H groups in total. The first kappa shape index (κ1) is 17.9. The highest BCUT2D eigenvalue weighted by molar-refractivity contribution is 5.94. The first-order valence-electron chi connectivity index (χ1n) is 8.44. The van der Waals surface area contributed by atoms with Crippen LogP contribution in [0.15, 0.2) is 24.3 Å². The maximum absolute atomic E-state index is 12.6. The molecule has 1 aromatic rings. The van der Waals surface area contributed by atoms with Gasteiger partial charge in [0.15, 0.2) is 0 Å². The summed E-state index contributed by atoms with van der Waals surface area (Å²) in [6.07, 6.45) is 0.466. The highest BCUT2D eigenvalue weighted by atomic mass is 16.5. The van der Waals surface area contributed by atoms with E-state index in [0.717, 1.165) is 37.2 Å². The maximum atomic E-state index is 12.6. The molecule has 1 atom stereocenters. The van der Waals surface area contributed by atoms with Gasteiger partial charge in [-0.25, -0.2) is 0 Å². The Kier molecular flexibility index (Phi) is 7.02. The van der Waals surface area contributed by atoms with Crippen LogP contribution in [0.5, 0.6) is 0 Å². The minimum atomic E-state index is -0.464. The molecule has 0 aromatic heterocycles. The lowest BCUT2D eigenvalue weighted by molar-refractivity contribution is 0.0218. The van der Waals surface area contributed by atoms with Crippen molar-refractivity contribution in [3.8, 4) is 0 Å². The highest BCUT2D eigenvalue weighted by Gasteiger charge is 2.21. The number of nitrogens with zero attached hydrogens (tertiary/aromatic N) is 2. The predicted octanol–water partition coefficient (Wildman–Crippen LogP) is 1.54. The zero-order valence-electron chi connectivity index (χ0n) is 14.2. The monoisotopic (exact) mass is 320 g/mol. The molecule has 23 heavy (non-hydrogen) atoms. The van der Waals surface area contributed by atoms with Crippen molar-refractivity contribution < 1.29 is 14.6 Å². The third-order valence-corrected chi connectivity index (χ3v) is 4.12. The number of aryl methyl sites for hydroxylation is 1. The van der Waals surface area contributed by atoms with Crippen LogP contribution >= 0.6 is 0 Å². The SMILES string of the molecule is CCOC[C@H](O)CN1CCCN(C(=O)c2cccc(C)c2)CC1. The molecule has 1 aliphatic rings. The van der Waals surface area contributed by atoms with Crippen LogP contribution in [0.25, 0.3) is 0 Å². The van der Waals surface area contributed by atoms with Crippen molar-refractivity contribution in [2.24, 2.45) is 0 Å². The molecular weight excluding hydrogens is 292 g/mol. The van der Waals surface area contributed by atoms with Crippen molar-refractivity contribution in [2.45, 2.75) is 26.4 Å². The standard InChI is InChI=1S/C18H28N2O3/c1-3-23-14-17(21)13-19-8-5-9-20(11-10-19)18(22)16-7-4-6-15(2)12-16/h4,6-7,12,17,21H,3,5,8-11,13-14H2,1-2H3/t17-/m1/s1. The summed E-state index contributed by atoms with van der Waals surface area (Å²) in [4.78, 5) is 16.7. The molecule has 1 saturated heterocycles. The Bertz CT molecular complexity index is 507. The summed E-state index contributed by atoms with van der Waals surface area (Å²) < 4.78 is 5.26. The average Bonchev–Trinajstić information content (AvgIpc) is 2.78. The van der Waals surface area contributed by atoms with Gasteiger partial charge in [0.05, 0.1) is 12.7 Å². The van der Waals surface area contributed by atoms with Crippen LogP contribution in [0.2, 0.25) is 0 Å². The van der Waals surface area contributed by atoms with Crippen LogP contribution in [0.4, 0.5) is 0 Å². The molecule has 1 heterocycles. The topological polar surface area (TPSA) is 53.0 Å². The number of aliphatic hydroxyl groups is 1. The van der Waals surface area contributed by atoms with E-state index in [1.54, 1.807) is 0 Å².